The van der Waals surface area contributed by atoms with Crippen molar-refractivity contribution in [3.8, 4) is 0 Å². The molecule has 6 heteroatoms. The monoisotopic (exact) mass is 312 g/mol. The van der Waals surface area contributed by atoms with E-state index in [1.807, 2.05) is 13.0 Å². The van der Waals surface area contributed by atoms with Crippen molar-refractivity contribution in [2.45, 2.75) is 13.3 Å². The van der Waals surface area contributed by atoms with E-state index in [9.17, 15) is 9.59 Å². The van der Waals surface area contributed by atoms with Gasteiger partial charge in [0, 0.05) is 19.2 Å². The quantitative estimate of drug-likeness (QED) is 0.780. The molecule has 18 heavy (non-hydrogen) atoms. The number of aryl methyl sites for hydroxylation is 1. The lowest BCUT2D eigenvalue weighted by atomic mass is 10.1. The van der Waals surface area contributed by atoms with Crippen molar-refractivity contribution in [1.29, 1.82) is 0 Å². The highest BCUT2D eigenvalue weighted by atomic mass is 79.9. The second-order valence-corrected chi connectivity index (χ2v) is 5.10. The summed E-state index contributed by atoms with van der Waals surface area (Å²) in [6.07, 6.45) is 1.87. The predicted octanol–water partition coefficient (Wildman–Crippen LogP) is 1.68. The molecule has 1 aliphatic heterocycles. The fourth-order valence-electron chi connectivity index (χ4n) is 1.96. The number of amides is 1. The third-order valence-electron chi connectivity index (χ3n) is 2.87. The molecule has 0 N–H and O–H groups in total. The molecule has 2 heterocycles. The lowest BCUT2D eigenvalue weighted by Gasteiger charge is -2.16. The van der Waals surface area contributed by atoms with Crippen molar-refractivity contribution in [2.75, 3.05) is 18.6 Å². The molecule has 1 aromatic heterocycles. The summed E-state index contributed by atoms with van der Waals surface area (Å²) in [6.45, 7) is 2.24. The zero-order valence-electron chi connectivity index (χ0n) is 10.1. The van der Waals surface area contributed by atoms with Gasteiger partial charge < -0.3 is 4.74 Å². The average molecular weight is 313 g/mol. The van der Waals surface area contributed by atoms with Crippen LogP contribution in [0.2, 0.25) is 0 Å². The Morgan fingerprint density at radius 1 is 1.61 bits per heavy atom. The van der Waals surface area contributed by atoms with Gasteiger partial charge in [-0.25, -0.2) is 4.98 Å². The number of nitrogens with zero attached hydrogens (tertiary/aromatic N) is 2. The number of aromatic nitrogens is 1. The minimum atomic E-state index is -0.405. The van der Waals surface area contributed by atoms with Gasteiger partial charge in [0.25, 0.3) is 0 Å². The van der Waals surface area contributed by atoms with Crippen LogP contribution in [0.5, 0.6) is 0 Å². The molecule has 1 fully saturated rings. The molecule has 0 aromatic carbocycles. The summed E-state index contributed by atoms with van der Waals surface area (Å²) >= 11 is 3.39. The van der Waals surface area contributed by atoms with Crippen LogP contribution in [-0.4, -0.2) is 30.5 Å². The number of hydrogen-bond donors (Lipinski definition) is 0. The van der Waals surface area contributed by atoms with E-state index in [0.717, 1.165) is 10.0 Å². The number of carbonyl (C=O) groups is 2. The number of halogens is 1. The smallest absolute Gasteiger partial charge is 0.311 e. The van der Waals surface area contributed by atoms with E-state index in [4.69, 9.17) is 0 Å². The number of rotatable bonds is 2. The fraction of sp³-hybridized carbons (Fsp3) is 0.417. The molecule has 0 aliphatic carbocycles. The van der Waals surface area contributed by atoms with E-state index in [1.54, 1.807) is 6.20 Å². The van der Waals surface area contributed by atoms with Gasteiger partial charge in [-0.1, -0.05) is 0 Å². The first-order valence-corrected chi connectivity index (χ1v) is 6.32. The van der Waals surface area contributed by atoms with Gasteiger partial charge in [-0.3, -0.25) is 14.5 Å². The number of ether oxygens (including phenoxy) is 1. The molecule has 0 radical (unpaired) electrons. The maximum Gasteiger partial charge on any atom is 0.311 e. The van der Waals surface area contributed by atoms with E-state index in [0.29, 0.717) is 12.4 Å². The molecular weight excluding hydrogens is 300 g/mol. The topological polar surface area (TPSA) is 59.5 Å². The van der Waals surface area contributed by atoms with Crippen molar-refractivity contribution >= 4 is 33.6 Å². The van der Waals surface area contributed by atoms with Crippen LogP contribution in [0.15, 0.2) is 16.7 Å². The maximum atomic E-state index is 11.9. The molecule has 5 nitrogen and oxygen atoms in total. The largest absolute Gasteiger partial charge is 0.469 e. The number of anilines is 1. The number of pyridine rings is 1. The Morgan fingerprint density at radius 3 is 2.94 bits per heavy atom. The van der Waals surface area contributed by atoms with Crippen molar-refractivity contribution in [3.05, 3.63) is 22.3 Å². The van der Waals surface area contributed by atoms with Gasteiger partial charge in [-0.15, -0.1) is 0 Å². The Balaban J connectivity index is 2.24. The minimum absolute atomic E-state index is 0.109. The molecule has 1 saturated heterocycles. The average Bonchev–Trinajstić information content (AvgIpc) is 2.70. The standard InChI is InChI=1S/C12H13BrN2O3/c1-7-3-9(13)11(14-5-7)15-6-8(4-10(15)16)12(17)18-2/h3,5,8H,4,6H2,1-2H3. The molecule has 0 saturated carbocycles. The van der Waals surface area contributed by atoms with Crippen molar-refractivity contribution < 1.29 is 14.3 Å². The van der Waals surface area contributed by atoms with Gasteiger partial charge in [-0.05, 0) is 34.5 Å². The van der Waals surface area contributed by atoms with Crippen LogP contribution >= 0.6 is 15.9 Å². The molecule has 96 valence electrons. The normalized spacial score (nSPS) is 19.2. The van der Waals surface area contributed by atoms with E-state index in [2.05, 4.69) is 25.7 Å². The Bertz CT molecular complexity index is 504. The van der Waals surface area contributed by atoms with Gasteiger partial charge in [0.1, 0.15) is 5.82 Å². The van der Waals surface area contributed by atoms with Gasteiger partial charge in [0.05, 0.1) is 17.5 Å². The van der Waals surface area contributed by atoms with Crippen molar-refractivity contribution in [3.63, 3.8) is 0 Å². The second kappa shape index (κ2) is 5.06. The summed E-state index contributed by atoms with van der Waals surface area (Å²) in [5.41, 5.74) is 1.00. The first-order chi connectivity index (χ1) is 8.52. The Kier molecular flexibility index (Phi) is 3.65. The fourth-order valence-corrected chi connectivity index (χ4v) is 2.64. The zero-order valence-corrected chi connectivity index (χ0v) is 11.7. The first kappa shape index (κ1) is 13.0. The van der Waals surface area contributed by atoms with Crippen molar-refractivity contribution in [2.24, 2.45) is 5.92 Å². The number of methoxy groups -OCH3 is 1. The predicted molar refractivity (Wildman–Crippen MR) is 69.2 cm³/mol. The van der Waals surface area contributed by atoms with Crippen LogP contribution in [0, 0.1) is 12.8 Å². The summed E-state index contributed by atoms with van der Waals surface area (Å²) in [4.78, 5) is 29.1. The number of esters is 1. The van der Waals surface area contributed by atoms with E-state index >= 15 is 0 Å². The Morgan fingerprint density at radius 2 is 2.33 bits per heavy atom. The molecule has 0 bridgehead atoms. The molecule has 2 rings (SSSR count). The SMILES string of the molecule is COC(=O)C1CC(=O)N(c2ncc(C)cc2Br)C1. The molecule has 1 aromatic rings. The third kappa shape index (κ3) is 2.38. The highest BCUT2D eigenvalue weighted by molar-refractivity contribution is 9.10. The molecule has 1 aliphatic rings. The Labute approximate surface area is 113 Å². The molecule has 1 unspecified atom stereocenters. The summed E-state index contributed by atoms with van der Waals surface area (Å²) in [7, 11) is 1.33. The van der Waals surface area contributed by atoms with E-state index in [-0.39, 0.29) is 18.3 Å². The van der Waals surface area contributed by atoms with Crippen molar-refractivity contribution in [1.82, 2.24) is 4.98 Å². The van der Waals surface area contributed by atoms with Crippen LogP contribution in [0.3, 0.4) is 0 Å². The summed E-state index contributed by atoms with van der Waals surface area (Å²) in [5.74, 6) is -0.314. The first-order valence-electron chi connectivity index (χ1n) is 5.53. The third-order valence-corrected chi connectivity index (χ3v) is 3.46. The van der Waals surface area contributed by atoms with Crippen LogP contribution < -0.4 is 4.90 Å². The maximum absolute atomic E-state index is 11.9. The summed E-state index contributed by atoms with van der Waals surface area (Å²) in [5, 5.41) is 0. The van der Waals surface area contributed by atoms with Gasteiger partial charge in [-0.2, -0.15) is 0 Å². The van der Waals surface area contributed by atoms with E-state index in [1.165, 1.54) is 12.0 Å². The highest BCUT2D eigenvalue weighted by Crippen LogP contribution is 2.30. The van der Waals surface area contributed by atoms with Gasteiger partial charge in [0.2, 0.25) is 5.91 Å². The van der Waals surface area contributed by atoms with Crippen LogP contribution in [0.4, 0.5) is 5.82 Å². The number of hydrogen-bond acceptors (Lipinski definition) is 4. The number of carbonyl (C=O) groups excluding carboxylic acids is 2. The van der Waals surface area contributed by atoms with Gasteiger partial charge >= 0.3 is 5.97 Å². The van der Waals surface area contributed by atoms with Crippen LogP contribution in [0.1, 0.15) is 12.0 Å². The van der Waals surface area contributed by atoms with E-state index < -0.39 is 5.92 Å². The van der Waals surface area contributed by atoms with Crippen LogP contribution in [0.25, 0.3) is 0 Å². The lowest BCUT2D eigenvalue weighted by Crippen LogP contribution is -2.27. The molecular formula is C12H13BrN2O3. The van der Waals surface area contributed by atoms with Gasteiger partial charge in [0.15, 0.2) is 0 Å². The molecule has 0 spiro atoms. The summed E-state index contributed by atoms with van der Waals surface area (Å²) < 4.78 is 5.42. The summed E-state index contributed by atoms with van der Waals surface area (Å²) in [6, 6.07) is 1.89. The zero-order chi connectivity index (χ0) is 13.3. The van der Waals surface area contributed by atoms with Crippen LogP contribution in [-0.2, 0) is 14.3 Å². The molecule has 1 amide bonds. The second-order valence-electron chi connectivity index (χ2n) is 4.25. The highest BCUT2D eigenvalue weighted by Gasteiger charge is 2.37. The lowest BCUT2D eigenvalue weighted by molar-refractivity contribution is -0.145. The minimum Gasteiger partial charge on any atom is -0.469 e. The Hall–Kier alpha value is -1.43. The molecule has 1 atom stereocenters.